The number of rotatable bonds is 6. The van der Waals surface area contributed by atoms with E-state index in [0.29, 0.717) is 13.1 Å². The third-order valence-corrected chi connectivity index (χ3v) is 4.61. The molecule has 0 fully saturated rings. The summed E-state index contributed by atoms with van der Waals surface area (Å²) < 4.78 is 1.66. The highest BCUT2D eigenvalue weighted by atomic mass is 32.1. The van der Waals surface area contributed by atoms with Crippen LogP contribution in [0, 0.1) is 12.3 Å². The molecule has 0 amide bonds. The van der Waals surface area contributed by atoms with Gasteiger partial charge in [0.05, 0.1) is 5.69 Å². The quantitative estimate of drug-likeness (QED) is 0.885. The summed E-state index contributed by atoms with van der Waals surface area (Å²) in [5.74, 6) is 0. The third kappa shape index (κ3) is 3.70. The van der Waals surface area contributed by atoms with Crippen molar-refractivity contribution in [2.45, 2.75) is 34.2 Å². The zero-order valence-electron chi connectivity index (χ0n) is 13.2. The van der Waals surface area contributed by atoms with Gasteiger partial charge in [-0.25, -0.2) is 4.98 Å². The van der Waals surface area contributed by atoms with Crippen molar-refractivity contribution in [2.75, 3.05) is 19.6 Å². The Balaban J connectivity index is 2.24. The maximum absolute atomic E-state index is 12.2. The molecule has 116 valence electrons. The Hall–Kier alpha value is -1.24. The van der Waals surface area contributed by atoms with Gasteiger partial charge in [0.2, 0.25) is 0 Å². The van der Waals surface area contributed by atoms with Gasteiger partial charge < -0.3 is 5.73 Å². The topological polar surface area (TPSA) is 63.6 Å². The summed E-state index contributed by atoms with van der Waals surface area (Å²) in [4.78, 5) is 19.8. The number of thiazole rings is 1. The van der Waals surface area contributed by atoms with Crippen molar-refractivity contribution in [3.8, 4) is 0 Å². The van der Waals surface area contributed by atoms with Crippen molar-refractivity contribution in [3.63, 3.8) is 0 Å². The van der Waals surface area contributed by atoms with Gasteiger partial charge in [-0.15, -0.1) is 11.3 Å². The average Bonchev–Trinajstić information content (AvgIpc) is 2.79. The molecule has 2 heterocycles. The van der Waals surface area contributed by atoms with Crippen LogP contribution in [0.1, 0.15) is 32.2 Å². The molecule has 0 bridgehead atoms. The van der Waals surface area contributed by atoms with Crippen LogP contribution in [0.15, 0.2) is 16.2 Å². The average molecular weight is 308 g/mol. The van der Waals surface area contributed by atoms with Gasteiger partial charge in [-0.05, 0) is 25.4 Å². The van der Waals surface area contributed by atoms with Gasteiger partial charge in [0.1, 0.15) is 0 Å². The molecule has 2 rings (SSSR count). The van der Waals surface area contributed by atoms with Gasteiger partial charge in [0.15, 0.2) is 4.96 Å². The van der Waals surface area contributed by atoms with E-state index in [-0.39, 0.29) is 11.0 Å². The summed E-state index contributed by atoms with van der Waals surface area (Å²) in [5, 5.41) is 1.96. The Labute approximate surface area is 129 Å². The van der Waals surface area contributed by atoms with Crippen LogP contribution in [-0.2, 0) is 6.54 Å². The Kier molecular flexibility index (Phi) is 4.81. The lowest BCUT2D eigenvalue weighted by molar-refractivity contribution is 0.182. The molecule has 0 spiro atoms. The van der Waals surface area contributed by atoms with E-state index < -0.39 is 0 Å². The van der Waals surface area contributed by atoms with Crippen molar-refractivity contribution in [3.05, 3.63) is 33.2 Å². The Bertz CT molecular complexity index is 674. The summed E-state index contributed by atoms with van der Waals surface area (Å²) in [7, 11) is 0. The number of aromatic nitrogens is 2. The van der Waals surface area contributed by atoms with E-state index >= 15 is 0 Å². The zero-order chi connectivity index (χ0) is 15.6. The predicted molar refractivity (Wildman–Crippen MR) is 87.9 cm³/mol. The number of nitrogens with zero attached hydrogens (tertiary/aromatic N) is 3. The molecule has 6 heteroatoms. The van der Waals surface area contributed by atoms with E-state index in [2.05, 4.69) is 30.7 Å². The van der Waals surface area contributed by atoms with Gasteiger partial charge in [-0.1, -0.05) is 20.8 Å². The van der Waals surface area contributed by atoms with Crippen molar-refractivity contribution < 1.29 is 0 Å². The monoisotopic (exact) mass is 308 g/mol. The second kappa shape index (κ2) is 6.25. The highest BCUT2D eigenvalue weighted by Crippen LogP contribution is 2.17. The normalized spacial score (nSPS) is 12.5. The van der Waals surface area contributed by atoms with Crippen LogP contribution in [0.2, 0.25) is 0 Å². The van der Waals surface area contributed by atoms with Crippen LogP contribution < -0.4 is 11.3 Å². The molecule has 5 nitrogen and oxygen atoms in total. The minimum absolute atomic E-state index is 0.00267. The third-order valence-electron chi connectivity index (χ3n) is 3.67. The van der Waals surface area contributed by atoms with E-state index in [1.54, 1.807) is 10.5 Å². The summed E-state index contributed by atoms with van der Waals surface area (Å²) in [6.07, 6.45) is 0. The fraction of sp³-hybridized carbons (Fsp3) is 0.600. The maximum Gasteiger partial charge on any atom is 0.259 e. The molecule has 0 aliphatic heterocycles. The van der Waals surface area contributed by atoms with Crippen LogP contribution in [0.25, 0.3) is 4.96 Å². The van der Waals surface area contributed by atoms with Crippen molar-refractivity contribution in [2.24, 2.45) is 11.1 Å². The molecule has 0 aromatic carbocycles. The van der Waals surface area contributed by atoms with Crippen LogP contribution in [0.5, 0.6) is 0 Å². The molecule has 0 atom stereocenters. The fourth-order valence-electron chi connectivity index (χ4n) is 2.36. The smallest absolute Gasteiger partial charge is 0.259 e. The van der Waals surface area contributed by atoms with E-state index in [4.69, 9.17) is 5.73 Å². The predicted octanol–water partition coefficient (Wildman–Crippen LogP) is 1.87. The van der Waals surface area contributed by atoms with Crippen molar-refractivity contribution in [1.29, 1.82) is 0 Å². The lowest BCUT2D eigenvalue weighted by Gasteiger charge is -2.30. The van der Waals surface area contributed by atoms with Gasteiger partial charge in [0, 0.05) is 30.2 Å². The molecule has 0 aliphatic carbocycles. The SMILES string of the molecule is CCN(Cc1cc(=O)n2c(C)csc2n1)CC(C)(C)CN. The lowest BCUT2D eigenvalue weighted by atomic mass is 9.93. The Morgan fingerprint density at radius 3 is 2.81 bits per heavy atom. The molecule has 0 saturated heterocycles. The molecule has 2 N–H and O–H groups in total. The minimum atomic E-state index is 0.00267. The molecular weight excluding hydrogens is 284 g/mol. The summed E-state index contributed by atoms with van der Waals surface area (Å²) in [6, 6.07) is 1.64. The van der Waals surface area contributed by atoms with Crippen LogP contribution in [0.4, 0.5) is 0 Å². The summed E-state index contributed by atoms with van der Waals surface area (Å²) in [6.45, 7) is 11.5. The standard InChI is InChI=1S/C15H24N4OS/c1-5-18(10-15(3,4)9-16)7-12-6-13(20)19-11(2)8-21-14(19)17-12/h6,8H,5,7,9-10,16H2,1-4H3. The number of fused-ring (bicyclic) bond motifs is 1. The molecule has 2 aromatic heterocycles. The Morgan fingerprint density at radius 2 is 2.19 bits per heavy atom. The highest BCUT2D eigenvalue weighted by Gasteiger charge is 2.20. The number of aryl methyl sites for hydroxylation is 1. The zero-order valence-corrected chi connectivity index (χ0v) is 14.0. The second-order valence-electron chi connectivity index (χ2n) is 6.25. The van der Waals surface area contributed by atoms with Crippen LogP contribution in [0.3, 0.4) is 0 Å². The maximum atomic E-state index is 12.2. The first kappa shape index (κ1) is 16.1. The van der Waals surface area contributed by atoms with E-state index in [1.807, 2.05) is 12.3 Å². The molecule has 0 aliphatic rings. The van der Waals surface area contributed by atoms with E-state index in [0.717, 1.165) is 29.4 Å². The Morgan fingerprint density at radius 1 is 1.48 bits per heavy atom. The first-order valence-corrected chi connectivity index (χ1v) is 8.13. The van der Waals surface area contributed by atoms with Gasteiger partial charge in [0.25, 0.3) is 5.56 Å². The van der Waals surface area contributed by atoms with Gasteiger partial charge in [-0.2, -0.15) is 0 Å². The van der Waals surface area contributed by atoms with Crippen LogP contribution >= 0.6 is 11.3 Å². The molecular formula is C15H24N4OS. The largest absolute Gasteiger partial charge is 0.330 e. The second-order valence-corrected chi connectivity index (χ2v) is 7.09. The first-order valence-electron chi connectivity index (χ1n) is 7.25. The van der Waals surface area contributed by atoms with E-state index in [1.165, 1.54) is 11.3 Å². The number of hydrogen-bond acceptors (Lipinski definition) is 5. The number of hydrogen-bond donors (Lipinski definition) is 1. The van der Waals surface area contributed by atoms with Gasteiger partial charge in [-0.3, -0.25) is 14.1 Å². The minimum Gasteiger partial charge on any atom is -0.330 e. The molecule has 0 saturated carbocycles. The summed E-state index contributed by atoms with van der Waals surface area (Å²) >= 11 is 1.51. The molecule has 2 aromatic rings. The summed E-state index contributed by atoms with van der Waals surface area (Å²) in [5.41, 5.74) is 7.65. The van der Waals surface area contributed by atoms with E-state index in [9.17, 15) is 4.79 Å². The van der Waals surface area contributed by atoms with Crippen molar-refractivity contribution in [1.82, 2.24) is 14.3 Å². The molecule has 21 heavy (non-hydrogen) atoms. The first-order chi connectivity index (χ1) is 9.86. The fourth-order valence-corrected chi connectivity index (χ4v) is 3.25. The van der Waals surface area contributed by atoms with Crippen molar-refractivity contribution >= 4 is 16.3 Å². The van der Waals surface area contributed by atoms with Gasteiger partial charge >= 0.3 is 0 Å². The van der Waals surface area contributed by atoms with Crippen LogP contribution in [-0.4, -0.2) is 33.9 Å². The highest BCUT2D eigenvalue weighted by molar-refractivity contribution is 7.15. The molecule has 0 unspecified atom stereocenters. The number of nitrogens with two attached hydrogens (primary N) is 1. The molecule has 0 radical (unpaired) electrons. The lowest BCUT2D eigenvalue weighted by Crippen LogP contribution is -2.38.